The van der Waals surface area contributed by atoms with Gasteiger partial charge >= 0.3 is 0 Å². The van der Waals surface area contributed by atoms with Gasteiger partial charge in [-0.2, -0.15) is 0 Å². The number of benzene rings is 4. The number of rotatable bonds is 10. The van der Waals surface area contributed by atoms with E-state index < -0.39 is 0 Å². The molecule has 9 nitrogen and oxygen atoms in total. The number of ketones is 1. The van der Waals surface area contributed by atoms with Crippen molar-refractivity contribution < 1.29 is 14.4 Å². The second-order valence-corrected chi connectivity index (χ2v) is 12.4. The Hall–Kier alpha value is -4.29. The van der Waals surface area contributed by atoms with Crippen molar-refractivity contribution in [3.8, 4) is 0 Å². The molecule has 44 heavy (non-hydrogen) atoms. The maximum atomic E-state index is 13.0. The van der Waals surface area contributed by atoms with Crippen molar-refractivity contribution >= 4 is 97.8 Å². The quantitative estimate of drug-likeness (QED) is 0.0886. The number of amides is 2. The maximum absolute atomic E-state index is 13.0. The van der Waals surface area contributed by atoms with Crippen LogP contribution in [-0.4, -0.2) is 49.0 Å². The summed E-state index contributed by atoms with van der Waals surface area (Å²) in [5, 5.41) is 8.12. The van der Waals surface area contributed by atoms with E-state index in [0.717, 1.165) is 22.1 Å². The van der Waals surface area contributed by atoms with Gasteiger partial charge < -0.3 is 20.6 Å². The number of anilines is 2. The maximum Gasteiger partial charge on any atom is 0.234 e. The molecule has 0 bridgehead atoms. The van der Waals surface area contributed by atoms with Crippen LogP contribution < -0.4 is 10.6 Å². The van der Waals surface area contributed by atoms with Crippen molar-refractivity contribution in [3.63, 3.8) is 0 Å². The number of H-pyrrole nitrogens is 2. The predicted octanol–water partition coefficient (Wildman–Crippen LogP) is 7.44. The van der Waals surface area contributed by atoms with Gasteiger partial charge in [0.05, 0.1) is 33.6 Å². The lowest BCUT2D eigenvalue weighted by molar-refractivity contribution is -0.114. The molecule has 13 heteroatoms. The van der Waals surface area contributed by atoms with Crippen LogP contribution in [0.15, 0.2) is 95.2 Å². The molecule has 6 aromatic rings. The number of carbonyl (C=O) groups excluding carboxylic acids is 3. The average molecular weight is 662 g/mol. The Balaban J connectivity index is 0.977. The van der Waals surface area contributed by atoms with Crippen molar-refractivity contribution in [2.24, 2.45) is 0 Å². The molecule has 0 aliphatic rings. The number of carbonyl (C=O) groups is 3. The van der Waals surface area contributed by atoms with Crippen molar-refractivity contribution in [2.45, 2.75) is 10.3 Å². The standard InChI is InChI=1S/C31H22Cl2N6O3S2/c32-19-5-11-23-25(13-19)38-30(36-23)43-15-27(40)34-21-7-1-17(2-8-21)29(42)18-3-9-22(10-4-18)35-28(41)16-44-31-37-24-12-6-20(33)14-26(24)39-31/h1-14H,15-16H2,(H,34,40)(H,35,41)(H,36,38)(H,37,39). The third-order valence-electron chi connectivity index (χ3n) is 6.39. The minimum absolute atomic E-state index is 0.158. The van der Waals surface area contributed by atoms with Gasteiger partial charge in [-0.15, -0.1) is 0 Å². The monoisotopic (exact) mass is 660 g/mol. The van der Waals surface area contributed by atoms with E-state index in [9.17, 15) is 14.4 Å². The summed E-state index contributed by atoms with van der Waals surface area (Å²) in [7, 11) is 0. The molecule has 4 N–H and O–H groups in total. The van der Waals surface area contributed by atoms with E-state index in [2.05, 4.69) is 30.6 Å². The molecule has 2 heterocycles. The zero-order valence-electron chi connectivity index (χ0n) is 22.7. The molecule has 0 aliphatic carbocycles. The molecule has 4 aromatic carbocycles. The topological polar surface area (TPSA) is 133 Å². The smallest absolute Gasteiger partial charge is 0.234 e. The predicted molar refractivity (Wildman–Crippen MR) is 177 cm³/mol. The summed E-state index contributed by atoms with van der Waals surface area (Å²) in [6, 6.07) is 24.1. The second kappa shape index (κ2) is 13.1. The summed E-state index contributed by atoms with van der Waals surface area (Å²) in [5.74, 6) is -0.269. The van der Waals surface area contributed by atoms with Crippen LogP contribution in [0.3, 0.4) is 0 Å². The normalized spacial score (nSPS) is 11.1. The summed E-state index contributed by atoms with van der Waals surface area (Å²) in [4.78, 5) is 53.1. The molecule has 0 saturated heterocycles. The summed E-state index contributed by atoms with van der Waals surface area (Å²) in [6.07, 6.45) is 0. The summed E-state index contributed by atoms with van der Waals surface area (Å²) in [5.41, 5.74) is 5.26. The first-order valence-corrected chi connectivity index (χ1v) is 15.9. The van der Waals surface area contributed by atoms with Gasteiger partial charge in [-0.05, 0) is 84.9 Å². The Morgan fingerprint density at radius 1 is 0.614 bits per heavy atom. The van der Waals surface area contributed by atoms with E-state index >= 15 is 0 Å². The van der Waals surface area contributed by atoms with Crippen molar-refractivity contribution in [3.05, 3.63) is 106 Å². The fourth-order valence-electron chi connectivity index (χ4n) is 4.29. The van der Waals surface area contributed by atoms with Crippen LogP contribution in [0.5, 0.6) is 0 Å². The largest absolute Gasteiger partial charge is 0.333 e. The number of fused-ring (bicyclic) bond motifs is 2. The first-order valence-electron chi connectivity index (χ1n) is 13.2. The number of hydrogen-bond donors (Lipinski definition) is 4. The molecule has 0 saturated carbocycles. The molecule has 6 rings (SSSR count). The first-order chi connectivity index (χ1) is 21.3. The van der Waals surface area contributed by atoms with Gasteiger partial charge in [-0.3, -0.25) is 14.4 Å². The fraction of sp³-hybridized carbons (Fsp3) is 0.0645. The molecule has 0 aliphatic heterocycles. The van der Waals surface area contributed by atoms with Crippen LogP contribution >= 0.6 is 46.7 Å². The number of aromatic amines is 2. The van der Waals surface area contributed by atoms with Crippen LogP contribution in [0, 0.1) is 0 Å². The van der Waals surface area contributed by atoms with Gasteiger partial charge in [0.15, 0.2) is 16.1 Å². The molecule has 0 unspecified atom stereocenters. The number of nitrogens with zero attached hydrogens (tertiary/aromatic N) is 2. The Labute approximate surface area is 269 Å². The van der Waals surface area contributed by atoms with Crippen LogP contribution in [0.25, 0.3) is 22.1 Å². The van der Waals surface area contributed by atoms with Gasteiger partial charge in [0.2, 0.25) is 11.8 Å². The lowest BCUT2D eigenvalue weighted by Crippen LogP contribution is -2.14. The second-order valence-electron chi connectivity index (χ2n) is 9.56. The first kappa shape index (κ1) is 29.8. The van der Waals surface area contributed by atoms with Gasteiger partial charge in [0.25, 0.3) is 0 Å². The van der Waals surface area contributed by atoms with Crippen LogP contribution in [0.1, 0.15) is 15.9 Å². The van der Waals surface area contributed by atoms with Crippen molar-refractivity contribution in [1.29, 1.82) is 0 Å². The highest BCUT2D eigenvalue weighted by Gasteiger charge is 2.13. The van der Waals surface area contributed by atoms with E-state index in [-0.39, 0.29) is 29.1 Å². The van der Waals surface area contributed by atoms with E-state index in [1.165, 1.54) is 23.5 Å². The molecule has 0 radical (unpaired) electrons. The highest BCUT2D eigenvalue weighted by Crippen LogP contribution is 2.24. The molecular formula is C31H22Cl2N6O3S2. The van der Waals surface area contributed by atoms with Crippen molar-refractivity contribution in [2.75, 3.05) is 22.1 Å². The van der Waals surface area contributed by atoms with E-state index in [1.807, 2.05) is 12.1 Å². The number of thioether (sulfide) groups is 2. The number of nitrogens with one attached hydrogen (secondary N) is 4. The zero-order valence-corrected chi connectivity index (χ0v) is 25.8. The molecule has 0 fully saturated rings. The molecular weight excluding hydrogens is 639 g/mol. The lowest BCUT2D eigenvalue weighted by Gasteiger charge is -2.07. The van der Waals surface area contributed by atoms with Gasteiger partial charge in [0, 0.05) is 32.5 Å². The highest BCUT2D eigenvalue weighted by molar-refractivity contribution is 8.00. The molecule has 0 spiro atoms. The molecule has 0 atom stereocenters. The summed E-state index contributed by atoms with van der Waals surface area (Å²) in [6.45, 7) is 0. The highest BCUT2D eigenvalue weighted by atomic mass is 35.5. The van der Waals surface area contributed by atoms with Crippen LogP contribution in [-0.2, 0) is 9.59 Å². The Bertz CT molecular complexity index is 1870. The Morgan fingerprint density at radius 2 is 1.02 bits per heavy atom. The minimum atomic E-state index is -0.203. The third kappa shape index (κ3) is 7.25. The van der Waals surface area contributed by atoms with Crippen LogP contribution in [0.2, 0.25) is 10.0 Å². The van der Waals surface area contributed by atoms with Crippen molar-refractivity contribution in [1.82, 2.24) is 19.9 Å². The van der Waals surface area contributed by atoms with Crippen LogP contribution in [0.4, 0.5) is 11.4 Å². The third-order valence-corrected chi connectivity index (χ3v) is 8.60. The van der Waals surface area contributed by atoms with Gasteiger partial charge in [-0.25, -0.2) is 9.97 Å². The SMILES string of the molecule is O=C(CSc1nc2ccc(Cl)cc2[nH]1)Nc1ccc(C(=O)c2ccc(NC(=O)CSc3nc4ccc(Cl)cc4[nH]3)cc2)cc1. The summed E-state index contributed by atoms with van der Waals surface area (Å²) >= 11 is 14.6. The van der Waals surface area contributed by atoms with Gasteiger partial charge in [0.1, 0.15) is 0 Å². The number of imidazole rings is 2. The van der Waals surface area contributed by atoms with E-state index in [1.54, 1.807) is 72.8 Å². The molecule has 2 aromatic heterocycles. The lowest BCUT2D eigenvalue weighted by atomic mass is 10.0. The number of hydrogen-bond acceptors (Lipinski definition) is 7. The fourth-order valence-corrected chi connectivity index (χ4v) is 6.01. The van der Waals surface area contributed by atoms with E-state index in [4.69, 9.17) is 23.2 Å². The molecule has 2 amide bonds. The number of aromatic nitrogens is 4. The number of halogens is 2. The minimum Gasteiger partial charge on any atom is -0.333 e. The Kier molecular flexibility index (Phi) is 8.89. The average Bonchev–Trinajstić information content (AvgIpc) is 3.62. The molecule has 220 valence electrons. The van der Waals surface area contributed by atoms with E-state index in [0.29, 0.717) is 42.9 Å². The Morgan fingerprint density at radius 3 is 1.43 bits per heavy atom. The zero-order chi connectivity index (χ0) is 30.6. The van der Waals surface area contributed by atoms with Gasteiger partial charge in [-0.1, -0.05) is 46.7 Å². The summed E-state index contributed by atoms with van der Waals surface area (Å²) < 4.78 is 0.